The maximum Gasteiger partial charge on any atom is 0.427 e. The molecule has 3 aromatic heterocycles. The minimum Gasteiger partial charge on any atom is -0.446 e. The molecule has 22 heavy (non-hydrogen) atoms. The van der Waals surface area contributed by atoms with Gasteiger partial charge in [-0.25, -0.2) is 9.97 Å². The Kier molecular flexibility index (Phi) is 3.57. The Bertz CT molecular complexity index is 825. The Morgan fingerprint density at radius 3 is 2.91 bits per heavy atom. The second-order valence-corrected chi connectivity index (χ2v) is 5.40. The fourth-order valence-electron chi connectivity index (χ4n) is 1.86. The van der Waals surface area contributed by atoms with Gasteiger partial charge in [0.25, 0.3) is 0 Å². The Hall–Kier alpha value is -2.42. The molecule has 5 nitrogen and oxygen atoms in total. The number of carbonyl (C=O) groups excluding carboxylic acids is 1. The van der Waals surface area contributed by atoms with Crippen LogP contribution in [0.1, 0.15) is 10.4 Å². The van der Waals surface area contributed by atoms with Gasteiger partial charge in [-0.1, -0.05) is 11.3 Å². The van der Waals surface area contributed by atoms with E-state index in [4.69, 9.17) is 4.42 Å². The van der Waals surface area contributed by atoms with E-state index in [2.05, 4.69) is 15.3 Å². The van der Waals surface area contributed by atoms with Crippen molar-refractivity contribution in [1.29, 1.82) is 0 Å². The molecule has 0 atom stereocenters. The van der Waals surface area contributed by atoms with Crippen LogP contribution < -0.4 is 5.32 Å². The molecule has 114 valence electrons. The summed E-state index contributed by atoms with van der Waals surface area (Å²) in [6.07, 6.45) is -0.853. The number of amides is 1. The number of alkyl halides is 3. The molecule has 0 fully saturated rings. The van der Waals surface area contributed by atoms with Crippen molar-refractivity contribution in [2.75, 3.05) is 5.32 Å². The van der Waals surface area contributed by atoms with Crippen LogP contribution >= 0.6 is 11.3 Å². The highest BCUT2D eigenvalue weighted by atomic mass is 32.1. The van der Waals surface area contributed by atoms with Crippen LogP contribution in [0, 0.1) is 0 Å². The first-order valence-corrected chi connectivity index (χ1v) is 6.89. The van der Waals surface area contributed by atoms with Crippen LogP contribution in [0.3, 0.4) is 0 Å². The Morgan fingerprint density at radius 2 is 2.18 bits per heavy atom. The Morgan fingerprint density at radius 1 is 1.36 bits per heavy atom. The van der Waals surface area contributed by atoms with Gasteiger partial charge < -0.3 is 9.73 Å². The zero-order chi connectivity index (χ0) is 15.7. The summed E-state index contributed by atoms with van der Waals surface area (Å²) in [5.74, 6) is -0.477. The van der Waals surface area contributed by atoms with Crippen LogP contribution in [0.15, 0.2) is 35.2 Å². The zero-order valence-corrected chi connectivity index (χ0v) is 11.7. The van der Waals surface area contributed by atoms with Gasteiger partial charge in [0.15, 0.2) is 5.13 Å². The molecule has 1 amide bonds. The van der Waals surface area contributed by atoms with Crippen LogP contribution in [0.2, 0.25) is 0 Å². The van der Waals surface area contributed by atoms with Crippen LogP contribution in [0.5, 0.6) is 0 Å². The molecule has 0 saturated carbocycles. The van der Waals surface area contributed by atoms with Crippen molar-refractivity contribution < 1.29 is 22.4 Å². The highest BCUT2D eigenvalue weighted by Crippen LogP contribution is 2.35. The second kappa shape index (κ2) is 5.41. The van der Waals surface area contributed by atoms with Crippen LogP contribution in [0.4, 0.5) is 18.3 Å². The van der Waals surface area contributed by atoms with E-state index in [-0.39, 0.29) is 11.6 Å². The molecule has 0 aromatic carbocycles. The smallest absolute Gasteiger partial charge is 0.427 e. The van der Waals surface area contributed by atoms with E-state index in [0.717, 1.165) is 0 Å². The van der Waals surface area contributed by atoms with Crippen molar-refractivity contribution in [2.24, 2.45) is 0 Å². The molecule has 0 radical (unpaired) electrons. The maximum atomic E-state index is 12.5. The van der Waals surface area contributed by atoms with Gasteiger partial charge in [0, 0.05) is 17.1 Å². The number of fused-ring (bicyclic) bond motifs is 1. The molecule has 0 unspecified atom stereocenters. The van der Waals surface area contributed by atoms with Crippen LogP contribution in [-0.2, 0) is 17.4 Å². The van der Waals surface area contributed by atoms with Crippen molar-refractivity contribution in [3.63, 3.8) is 0 Å². The third kappa shape index (κ3) is 2.93. The summed E-state index contributed by atoms with van der Waals surface area (Å²) >= 11 is 0.381. The van der Waals surface area contributed by atoms with Crippen molar-refractivity contribution in [3.05, 3.63) is 41.2 Å². The molecule has 0 aliphatic rings. The molecule has 3 rings (SSSR count). The highest BCUT2D eigenvalue weighted by molar-refractivity contribution is 7.15. The summed E-state index contributed by atoms with van der Waals surface area (Å²) in [5.41, 5.74) is 1.01. The van der Waals surface area contributed by atoms with E-state index >= 15 is 0 Å². The molecule has 0 bridgehead atoms. The number of halogens is 3. The zero-order valence-electron chi connectivity index (χ0n) is 10.8. The van der Waals surface area contributed by atoms with Crippen molar-refractivity contribution in [3.8, 4) is 0 Å². The molecule has 0 spiro atoms. The number of furan rings is 1. The van der Waals surface area contributed by atoms with E-state index in [9.17, 15) is 18.0 Å². The Balaban J connectivity index is 1.71. The van der Waals surface area contributed by atoms with Gasteiger partial charge in [-0.3, -0.25) is 4.79 Å². The fraction of sp³-hybridized carbons (Fsp3) is 0.154. The first kappa shape index (κ1) is 14.5. The number of nitrogens with zero attached hydrogens (tertiary/aromatic N) is 2. The molecule has 1 N–H and O–H groups in total. The number of anilines is 1. The summed E-state index contributed by atoms with van der Waals surface area (Å²) in [5, 5.41) is 2.94. The quantitative estimate of drug-likeness (QED) is 0.799. The average molecular weight is 327 g/mol. The van der Waals surface area contributed by atoms with Gasteiger partial charge in [0.05, 0.1) is 18.9 Å². The van der Waals surface area contributed by atoms with E-state index in [1.165, 1.54) is 6.26 Å². The second-order valence-electron chi connectivity index (χ2n) is 4.37. The monoisotopic (exact) mass is 327 g/mol. The largest absolute Gasteiger partial charge is 0.446 e. The van der Waals surface area contributed by atoms with Gasteiger partial charge >= 0.3 is 6.18 Å². The molecular formula is C13H8F3N3O2S. The van der Waals surface area contributed by atoms with Gasteiger partial charge in [0.2, 0.25) is 11.6 Å². The molecule has 0 aliphatic heterocycles. The average Bonchev–Trinajstić information content (AvgIpc) is 3.06. The summed E-state index contributed by atoms with van der Waals surface area (Å²) < 4.78 is 42.6. The minimum absolute atomic E-state index is 0.0420. The summed E-state index contributed by atoms with van der Waals surface area (Å²) in [6, 6.07) is 3.45. The third-order valence-corrected chi connectivity index (χ3v) is 3.77. The Labute approximate surface area is 125 Å². The molecule has 9 heteroatoms. The predicted molar refractivity (Wildman–Crippen MR) is 73.5 cm³/mol. The number of nitrogens with one attached hydrogen (secondary N) is 1. The molecule has 0 aliphatic carbocycles. The standard InChI is InChI=1S/C13H8F3N3O2S/c14-13(15,16)9-5-18-12(22-9)19-10(20)4-7-6-21-11-8(7)2-1-3-17-11/h1-3,5-6H,4H2,(H,18,19,20). The van der Waals surface area contributed by atoms with Gasteiger partial charge in [-0.15, -0.1) is 0 Å². The SMILES string of the molecule is O=C(Cc1coc2ncccc12)Nc1ncc(C(F)(F)F)s1. The lowest BCUT2D eigenvalue weighted by atomic mass is 10.1. The molecule has 3 aromatic rings. The van der Waals surface area contributed by atoms with Gasteiger partial charge in [-0.05, 0) is 12.1 Å². The van der Waals surface area contributed by atoms with Crippen molar-refractivity contribution in [1.82, 2.24) is 9.97 Å². The van der Waals surface area contributed by atoms with E-state index < -0.39 is 17.0 Å². The highest BCUT2D eigenvalue weighted by Gasteiger charge is 2.33. The number of carbonyl (C=O) groups is 1. The number of rotatable bonds is 3. The van der Waals surface area contributed by atoms with Gasteiger partial charge in [-0.2, -0.15) is 13.2 Å². The lowest BCUT2D eigenvalue weighted by Gasteiger charge is -2.01. The van der Waals surface area contributed by atoms with Gasteiger partial charge in [0.1, 0.15) is 4.88 Å². The number of aromatic nitrogens is 2. The summed E-state index contributed by atoms with van der Waals surface area (Å²) in [6.45, 7) is 0. The molecular weight excluding hydrogens is 319 g/mol. The lowest BCUT2D eigenvalue weighted by Crippen LogP contribution is -2.13. The lowest BCUT2D eigenvalue weighted by molar-refractivity contribution is -0.134. The number of hydrogen-bond acceptors (Lipinski definition) is 5. The van der Waals surface area contributed by atoms with Crippen LogP contribution in [0.25, 0.3) is 11.1 Å². The molecule has 0 saturated heterocycles. The summed E-state index contributed by atoms with van der Waals surface area (Å²) in [4.78, 5) is 18.6. The van der Waals surface area contributed by atoms with E-state index in [1.54, 1.807) is 18.3 Å². The van der Waals surface area contributed by atoms with E-state index in [1.807, 2.05) is 0 Å². The molecule has 3 heterocycles. The normalized spacial score (nSPS) is 11.8. The van der Waals surface area contributed by atoms with Crippen LogP contribution in [-0.4, -0.2) is 15.9 Å². The topological polar surface area (TPSA) is 68.0 Å². The fourth-order valence-corrected chi connectivity index (χ4v) is 2.56. The van der Waals surface area contributed by atoms with Crippen molar-refractivity contribution in [2.45, 2.75) is 12.6 Å². The summed E-state index contributed by atoms with van der Waals surface area (Å²) in [7, 11) is 0. The third-order valence-electron chi connectivity index (χ3n) is 2.81. The first-order valence-electron chi connectivity index (χ1n) is 6.07. The predicted octanol–water partition coefficient (Wildman–Crippen LogP) is 3.48. The van der Waals surface area contributed by atoms with E-state index in [0.29, 0.717) is 34.2 Å². The minimum atomic E-state index is -4.47. The number of pyridine rings is 1. The van der Waals surface area contributed by atoms with Crippen molar-refractivity contribution >= 4 is 33.5 Å². The first-order chi connectivity index (χ1) is 10.4. The maximum absolute atomic E-state index is 12.5. The number of thiazole rings is 1. The number of hydrogen-bond donors (Lipinski definition) is 1.